The average Bonchev–Trinajstić information content (AvgIpc) is 2.69. The molecule has 8 heteroatoms. The lowest BCUT2D eigenvalue weighted by Gasteiger charge is -2.34. The molecule has 0 bridgehead atoms. The molecule has 0 aromatic heterocycles. The number of carbonyl (C=O) groups is 1. The minimum Gasteiger partial charge on any atom is -0.325 e. The largest absolute Gasteiger partial charge is 0.325 e. The normalized spacial score (nSPS) is 18.0. The van der Waals surface area contributed by atoms with E-state index in [0.717, 1.165) is 35.6 Å². The maximum absolute atomic E-state index is 13.2. The Morgan fingerprint density at radius 2 is 1.89 bits per heavy atom. The number of nitrogens with one attached hydrogen (secondary N) is 1. The van der Waals surface area contributed by atoms with Gasteiger partial charge in [-0.2, -0.15) is 4.31 Å². The van der Waals surface area contributed by atoms with E-state index in [0.29, 0.717) is 13.0 Å². The molecular formula is C20H23FN2O3S2. The molecule has 2 aromatic rings. The van der Waals surface area contributed by atoms with Gasteiger partial charge in [-0.3, -0.25) is 4.79 Å². The summed E-state index contributed by atoms with van der Waals surface area (Å²) in [7, 11) is -3.78. The number of para-hydroxylation sites is 1. The Hall–Kier alpha value is -1.90. The van der Waals surface area contributed by atoms with Crippen molar-refractivity contribution in [2.75, 3.05) is 18.1 Å². The lowest BCUT2D eigenvalue weighted by atomic mass is 10.0. The van der Waals surface area contributed by atoms with E-state index in [9.17, 15) is 17.6 Å². The van der Waals surface area contributed by atoms with Crippen molar-refractivity contribution in [1.29, 1.82) is 0 Å². The summed E-state index contributed by atoms with van der Waals surface area (Å²) in [5.74, 6) is -0.700. The predicted octanol–water partition coefficient (Wildman–Crippen LogP) is 4.12. The van der Waals surface area contributed by atoms with Gasteiger partial charge in [0, 0.05) is 23.9 Å². The Labute approximate surface area is 169 Å². The van der Waals surface area contributed by atoms with E-state index >= 15 is 0 Å². The number of amides is 1. The molecular weight excluding hydrogens is 399 g/mol. The summed E-state index contributed by atoms with van der Waals surface area (Å²) < 4.78 is 40.6. The smallest absolute Gasteiger partial charge is 0.243 e. The van der Waals surface area contributed by atoms with Crippen LogP contribution in [-0.4, -0.2) is 37.5 Å². The Bertz CT molecular complexity index is 933. The minimum absolute atomic E-state index is 0.0499. The van der Waals surface area contributed by atoms with Gasteiger partial charge < -0.3 is 5.32 Å². The van der Waals surface area contributed by atoms with Gasteiger partial charge in [0.25, 0.3) is 0 Å². The molecule has 0 aliphatic carbocycles. The van der Waals surface area contributed by atoms with E-state index in [-0.39, 0.29) is 17.2 Å². The third-order valence-electron chi connectivity index (χ3n) is 4.80. The van der Waals surface area contributed by atoms with E-state index in [1.54, 1.807) is 0 Å². The molecule has 1 aliphatic heterocycles. The molecule has 28 heavy (non-hydrogen) atoms. The molecule has 0 unspecified atom stereocenters. The number of carbonyl (C=O) groups excluding carboxylic acids is 1. The molecule has 0 spiro atoms. The quantitative estimate of drug-likeness (QED) is 0.711. The SMILES string of the molecule is CSc1ccccc1NC(=O)C[C@H]1CCCCN1S(=O)(=O)c1ccc(F)cc1. The van der Waals surface area contributed by atoms with Crippen molar-refractivity contribution >= 4 is 33.4 Å². The van der Waals surface area contributed by atoms with E-state index in [4.69, 9.17) is 0 Å². The number of piperidine rings is 1. The van der Waals surface area contributed by atoms with E-state index < -0.39 is 21.9 Å². The summed E-state index contributed by atoms with van der Waals surface area (Å²) in [6, 6.07) is 11.9. The minimum atomic E-state index is -3.78. The zero-order valence-corrected chi connectivity index (χ0v) is 17.2. The van der Waals surface area contributed by atoms with Gasteiger partial charge in [-0.05, 0) is 55.5 Å². The summed E-state index contributed by atoms with van der Waals surface area (Å²) in [5.41, 5.74) is 0.726. The van der Waals surface area contributed by atoms with Gasteiger partial charge in [-0.25, -0.2) is 12.8 Å². The van der Waals surface area contributed by atoms with Gasteiger partial charge in [0.1, 0.15) is 5.82 Å². The maximum atomic E-state index is 13.2. The molecule has 5 nitrogen and oxygen atoms in total. The highest BCUT2D eigenvalue weighted by atomic mass is 32.2. The molecule has 1 saturated heterocycles. The molecule has 1 aliphatic rings. The number of benzene rings is 2. The number of hydrogen-bond donors (Lipinski definition) is 1. The van der Waals surface area contributed by atoms with Crippen molar-refractivity contribution < 1.29 is 17.6 Å². The van der Waals surface area contributed by atoms with Crippen molar-refractivity contribution in [3.63, 3.8) is 0 Å². The fourth-order valence-electron chi connectivity index (χ4n) is 3.40. The van der Waals surface area contributed by atoms with Crippen LogP contribution in [0, 0.1) is 5.82 Å². The van der Waals surface area contributed by atoms with Gasteiger partial charge in [0.2, 0.25) is 15.9 Å². The third kappa shape index (κ3) is 4.74. The fourth-order valence-corrected chi connectivity index (χ4v) is 5.65. The lowest BCUT2D eigenvalue weighted by molar-refractivity contribution is -0.117. The van der Waals surface area contributed by atoms with Crippen LogP contribution in [0.15, 0.2) is 58.3 Å². The van der Waals surface area contributed by atoms with Crippen LogP contribution in [0.5, 0.6) is 0 Å². The topological polar surface area (TPSA) is 66.5 Å². The summed E-state index contributed by atoms with van der Waals surface area (Å²) in [4.78, 5) is 13.6. The van der Waals surface area contributed by atoms with Crippen molar-refractivity contribution in [1.82, 2.24) is 4.31 Å². The van der Waals surface area contributed by atoms with Crippen LogP contribution >= 0.6 is 11.8 Å². The molecule has 0 radical (unpaired) electrons. The van der Waals surface area contributed by atoms with Crippen LogP contribution in [-0.2, 0) is 14.8 Å². The zero-order valence-electron chi connectivity index (χ0n) is 15.6. The predicted molar refractivity (Wildman–Crippen MR) is 109 cm³/mol. The molecule has 0 saturated carbocycles. The molecule has 1 heterocycles. The lowest BCUT2D eigenvalue weighted by Crippen LogP contribution is -2.45. The first-order chi connectivity index (χ1) is 13.4. The van der Waals surface area contributed by atoms with Crippen LogP contribution in [0.3, 0.4) is 0 Å². The highest BCUT2D eigenvalue weighted by Gasteiger charge is 2.34. The highest BCUT2D eigenvalue weighted by molar-refractivity contribution is 7.98. The Morgan fingerprint density at radius 3 is 2.61 bits per heavy atom. The van der Waals surface area contributed by atoms with E-state index in [1.807, 2.05) is 30.5 Å². The summed E-state index contributed by atoms with van der Waals surface area (Å²) in [6.45, 7) is 0.360. The summed E-state index contributed by atoms with van der Waals surface area (Å²) in [6.07, 6.45) is 4.26. The zero-order chi connectivity index (χ0) is 20.1. The standard InChI is InChI=1S/C20H23FN2O3S2/c1-27-19-8-3-2-7-18(19)22-20(24)14-16-6-4-5-13-23(16)28(25,26)17-11-9-15(21)10-12-17/h2-3,7-12,16H,4-6,13-14H2,1H3,(H,22,24)/t16-/m1/s1. The number of thioether (sulfide) groups is 1. The molecule has 150 valence electrons. The van der Waals surface area contributed by atoms with Crippen LogP contribution < -0.4 is 5.32 Å². The Balaban J connectivity index is 1.76. The second-order valence-electron chi connectivity index (χ2n) is 6.67. The van der Waals surface area contributed by atoms with Crippen LogP contribution in [0.4, 0.5) is 10.1 Å². The summed E-state index contributed by atoms with van der Waals surface area (Å²) >= 11 is 1.54. The summed E-state index contributed by atoms with van der Waals surface area (Å²) in [5, 5.41) is 2.90. The van der Waals surface area contributed by atoms with Crippen molar-refractivity contribution in [3.8, 4) is 0 Å². The van der Waals surface area contributed by atoms with E-state index in [2.05, 4.69) is 5.32 Å². The molecule has 1 fully saturated rings. The second-order valence-corrected chi connectivity index (χ2v) is 9.41. The van der Waals surface area contributed by atoms with Crippen molar-refractivity contribution in [2.45, 2.75) is 41.5 Å². The number of halogens is 1. The maximum Gasteiger partial charge on any atom is 0.243 e. The first-order valence-electron chi connectivity index (χ1n) is 9.12. The average molecular weight is 423 g/mol. The number of anilines is 1. The van der Waals surface area contributed by atoms with Gasteiger partial charge in [-0.15, -0.1) is 11.8 Å². The van der Waals surface area contributed by atoms with Crippen molar-refractivity contribution in [2.24, 2.45) is 0 Å². The molecule has 1 amide bonds. The first-order valence-corrected chi connectivity index (χ1v) is 11.8. The van der Waals surface area contributed by atoms with Gasteiger partial charge >= 0.3 is 0 Å². The first kappa shape index (κ1) is 20.8. The Morgan fingerprint density at radius 1 is 1.18 bits per heavy atom. The van der Waals surface area contributed by atoms with Crippen molar-refractivity contribution in [3.05, 3.63) is 54.3 Å². The number of hydrogen-bond acceptors (Lipinski definition) is 4. The highest BCUT2D eigenvalue weighted by Crippen LogP contribution is 2.29. The van der Waals surface area contributed by atoms with Gasteiger partial charge in [0.15, 0.2) is 0 Å². The molecule has 1 atom stereocenters. The second kappa shape index (κ2) is 9.07. The fraction of sp³-hybridized carbons (Fsp3) is 0.350. The van der Waals surface area contributed by atoms with Gasteiger partial charge in [0.05, 0.1) is 10.6 Å². The van der Waals surface area contributed by atoms with Crippen LogP contribution in [0.25, 0.3) is 0 Å². The van der Waals surface area contributed by atoms with Crippen LogP contribution in [0.2, 0.25) is 0 Å². The number of sulfonamides is 1. The van der Waals surface area contributed by atoms with Crippen LogP contribution in [0.1, 0.15) is 25.7 Å². The monoisotopic (exact) mass is 422 g/mol. The Kier molecular flexibility index (Phi) is 6.74. The number of rotatable bonds is 6. The molecule has 3 rings (SSSR count). The van der Waals surface area contributed by atoms with E-state index in [1.165, 1.54) is 28.2 Å². The third-order valence-corrected chi connectivity index (χ3v) is 7.56. The molecule has 2 aromatic carbocycles. The molecule has 1 N–H and O–H groups in total. The van der Waals surface area contributed by atoms with Gasteiger partial charge in [-0.1, -0.05) is 18.6 Å². The number of nitrogens with zero attached hydrogens (tertiary/aromatic N) is 1.